The van der Waals surface area contributed by atoms with E-state index in [1.54, 1.807) is 30.3 Å². The minimum absolute atomic E-state index is 0.0651. The molecule has 2 aromatic carbocycles. The molecule has 0 fully saturated rings. The molecule has 0 aliphatic carbocycles. The molecule has 4 rings (SSSR count). The summed E-state index contributed by atoms with van der Waals surface area (Å²) < 4.78 is 16.1. The van der Waals surface area contributed by atoms with E-state index in [1.165, 1.54) is 27.4 Å². The predicted octanol–water partition coefficient (Wildman–Crippen LogP) is 3.09. The molecule has 1 amide bonds. The molecular formula is C21H18N4O6. The first-order chi connectivity index (χ1) is 14.9. The lowest BCUT2D eigenvalue weighted by Gasteiger charge is -2.14. The van der Waals surface area contributed by atoms with Crippen molar-refractivity contribution >= 4 is 39.4 Å². The Morgan fingerprint density at radius 2 is 1.74 bits per heavy atom. The van der Waals surface area contributed by atoms with Crippen LogP contribution in [0.1, 0.15) is 21.0 Å². The maximum absolute atomic E-state index is 12.8. The van der Waals surface area contributed by atoms with E-state index >= 15 is 0 Å². The second-order valence-corrected chi connectivity index (χ2v) is 6.55. The van der Waals surface area contributed by atoms with Crippen LogP contribution in [0.25, 0.3) is 21.8 Å². The number of hydrogen-bond acceptors (Lipinski definition) is 7. The number of hydrogen-bond donors (Lipinski definition) is 3. The van der Waals surface area contributed by atoms with Crippen LogP contribution in [0, 0.1) is 0 Å². The average molecular weight is 422 g/mol. The van der Waals surface area contributed by atoms with Crippen molar-refractivity contribution in [3.05, 3.63) is 47.8 Å². The molecule has 0 saturated heterocycles. The van der Waals surface area contributed by atoms with Gasteiger partial charge in [0.1, 0.15) is 11.2 Å². The van der Waals surface area contributed by atoms with Crippen LogP contribution < -0.4 is 19.5 Å². The Labute approximate surface area is 175 Å². The molecule has 0 atom stereocenters. The van der Waals surface area contributed by atoms with E-state index < -0.39 is 11.9 Å². The van der Waals surface area contributed by atoms with E-state index in [4.69, 9.17) is 19.3 Å². The average Bonchev–Trinajstić information content (AvgIpc) is 3.21. The molecule has 2 heterocycles. The largest absolute Gasteiger partial charge is 0.493 e. The van der Waals surface area contributed by atoms with E-state index in [0.29, 0.717) is 44.7 Å². The van der Waals surface area contributed by atoms with Crippen LogP contribution in [-0.2, 0) is 0 Å². The van der Waals surface area contributed by atoms with Crippen molar-refractivity contribution in [2.45, 2.75) is 0 Å². The normalized spacial score (nSPS) is 10.8. The zero-order chi connectivity index (χ0) is 22.1. The number of anilines is 1. The molecule has 0 spiro atoms. The number of methoxy groups -OCH3 is 3. The number of carboxylic acid groups (broad SMARTS) is 1. The van der Waals surface area contributed by atoms with Gasteiger partial charge >= 0.3 is 5.97 Å². The van der Waals surface area contributed by atoms with Crippen molar-refractivity contribution in [2.24, 2.45) is 0 Å². The predicted molar refractivity (Wildman–Crippen MR) is 112 cm³/mol. The minimum Gasteiger partial charge on any atom is -0.493 e. The number of benzene rings is 2. The zero-order valence-electron chi connectivity index (χ0n) is 16.8. The van der Waals surface area contributed by atoms with Gasteiger partial charge in [-0.3, -0.25) is 4.79 Å². The van der Waals surface area contributed by atoms with Crippen molar-refractivity contribution < 1.29 is 28.9 Å². The van der Waals surface area contributed by atoms with Gasteiger partial charge in [-0.15, -0.1) is 10.2 Å². The van der Waals surface area contributed by atoms with Crippen LogP contribution in [0.4, 0.5) is 5.69 Å². The first kappa shape index (κ1) is 20.0. The van der Waals surface area contributed by atoms with Crippen LogP contribution in [0.5, 0.6) is 17.2 Å². The zero-order valence-corrected chi connectivity index (χ0v) is 16.8. The van der Waals surface area contributed by atoms with Crippen molar-refractivity contribution in [1.82, 2.24) is 15.2 Å². The Morgan fingerprint density at radius 3 is 2.42 bits per heavy atom. The number of aromatic carboxylic acids is 1. The van der Waals surface area contributed by atoms with Crippen molar-refractivity contribution in [3.8, 4) is 17.2 Å². The quantitative estimate of drug-likeness (QED) is 0.431. The van der Waals surface area contributed by atoms with Gasteiger partial charge in [0.05, 0.1) is 26.7 Å². The number of rotatable bonds is 6. The molecule has 10 heteroatoms. The Hall–Kier alpha value is -4.34. The number of H-pyrrole nitrogens is 1. The van der Waals surface area contributed by atoms with Crippen LogP contribution in [0.2, 0.25) is 0 Å². The minimum atomic E-state index is -1.06. The fourth-order valence-electron chi connectivity index (χ4n) is 3.29. The molecule has 10 nitrogen and oxygen atoms in total. The smallest absolute Gasteiger partial charge is 0.352 e. The van der Waals surface area contributed by atoms with Gasteiger partial charge in [-0.25, -0.2) is 4.79 Å². The van der Waals surface area contributed by atoms with Crippen LogP contribution >= 0.6 is 0 Å². The number of nitrogens with zero attached hydrogens (tertiary/aromatic N) is 2. The van der Waals surface area contributed by atoms with Gasteiger partial charge in [-0.05, 0) is 30.3 Å². The summed E-state index contributed by atoms with van der Waals surface area (Å²) in [6, 6.07) is 9.70. The van der Waals surface area contributed by atoms with Gasteiger partial charge in [-0.1, -0.05) is 0 Å². The fraction of sp³-hybridized carbons (Fsp3) is 0.143. The third-order valence-corrected chi connectivity index (χ3v) is 4.73. The van der Waals surface area contributed by atoms with Gasteiger partial charge in [0.25, 0.3) is 5.91 Å². The number of ether oxygens (including phenoxy) is 3. The summed E-state index contributed by atoms with van der Waals surface area (Å²) in [5, 5.41) is 21.1. The van der Waals surface area contributed by atoms with Crippen molar-refractivity contribution in [2.75, 3.05) is 26.6 Å². The Kier molecular flexibility index (Phi) is 5.04. The Morgan fingerprint density at radius 1 is 0.968 bits per heavy atom. The Balaban J connectivity index is 1.69. The second-order valence-electron chi connectivity index (χ2n) is 6.55. The Bertz CT molecular complexity index is 1330. The summed E-state index contributed by atoms with van der Waals surface area (Å²) in [5.41, 5.74) is 1.73. The number of fused-ring (bicyclic) bond motifs is 2. The first-order valence-corrected chi connectivity index (χ1v) is 9.09. The van der Waals surface area contributed by atoms with Crippen molar-refractivity contribution in [1.29, 1.82) is 0 Å². The maximum Gasteiger partial charge on any atom is 0.352 e. The van der Waals surface area contributed by atoms with E-state index in [9.17, 15) is 9.59 Å². The van der Waals surface area contributed by atoms with Crippen LogP contribution in [-0.4, -0.2) is 53.5 Å². The summed E-state index contributed by atoms with van der Waals surface area (Å²) in [6.45, 7) is 0. The van der Waals surface area contributed by atoms with E-state index in [1.807, 2.05) is 0 Å². The molecule has 31 heavy (non-hydrogen) atoms. The summed E-state index contributed by atoms with van der Waals surface area (Å²) in [7, 11) is 4.47. The summed E-state index contributed by atoms with van der Waals surface area (Å²) >= 11 is 0. The number of nitrogens with one attached hydrogen (secondary N) is 2. The van der Waals surface area contributed by atoms with E-state index in [2.05, 4.69) is 20.5 Å². The van der Waals surface area contributed by atoms with E-state index in [0.717, 1.165) is 0 Å². The van der Waals surface area contributed by atoms with Gasteiger partial charge in [0, 0.05) is 22.7 Å². The van der Waals surface area contributed by atoms with Crippen LogP contribution in [0.3, 0.4) is 0 Å². The highest BCUT2D eigenvalue weighted by atomic mass is 16.5. The molecule has 0 aliphatic rings. The molecule has 0 radical (unpaired) electrons. The van der Waals surface area contributed by atoms with Gasteiger partial charge in [0.15, 0.2) is 17.2 Å². The van der Waals surface area contributed by atoms with Gasteiger partial charge < -0.3 is 29.6 Å². The summed E-state index contributed by atoms with van der Waals surface area (Å²) in [4.78, 5) is 26.7. The molecule has 0 bridgehead atoms. The number of carboxylic acids is 1. The summed E-state index contributed by atoms with van der Waals surface area (Å²) in [6.07, 6.45) is 0. The highest BCUT2D eigenvalue weighted by molar-refractivity contribution is 6.06. The SMILES string of the molecule is COc1cc2nnc(C(=O)Nc3ccc4[nH]c(C(=O)O)cc4c3)cc2c(OC)c1OC. The fourth-order valence-corrected chi connectivity index (χ4v) is 3.29. The highest BCUT2D eigenvalue weighted by Gasteiger charge is 2.19. The maximum atomic E-state index is 12.8. The van der Waals surface area contributed by atoms with Gasteiger partial charge in [-0.2, -0.15) is 0 Å². The van der Waals surface area contributed by atoms with Crippen LogP contribution in [0.15, 0.2) is 36.4 Å². The number of carbonyl (C=O) groups excluding carboxylic acids is 1. The molecular weight excluding hydrogens is 404 g/mol. The van der Waals surface area contributed by atoms with Crippen molar-refractivity contribution in [3.63, 3.8) is 0 Å². The lowest BCUT2D eigenvalue weighted by molar-refractivity contribution is 0.0691. The molecule has 0 saturated carbocycles. The third kappa shape index (κ3) is 3.54. The number of amides is 1. The number of carbonyl (C=O) groups is 2. The molecule has 0 unspecified atom stereocenters. The molecule has 3 N–H and O–H groups in total. The monoisotopic (exact) mass is 422 g/mol. The summed E-state index contributed by atoms with van der Waals surface area (Å²) in [5.74, 6) is -0.368. The molecule has 4 aromatic rings. The molecule has 158 valence electrons. The molecule has 0 aliphatic heterocycles. The lowest BCUT2D eigenvalue weighted by Crippen LogP contribution is -2.14. The lowest BCUT2D eigenvalue weighted by atomic mass is 10.1. The van der Waals surface area contributed by atoms with E-state index in [-0.39, 0.29) is 11.4 Å². The number of aromatic nitrogens is 3. The third-order valence-electron chi connectivity index (χ3n) is 4.73. The standard InChI is InChI=1S/C21H18N4O6/c1-29-17-9-14-12(18(30-2)19(17)31-3)8-15(25-24-14)20(26)22-11-4-5-13-10(6-11)7-16(23-13)21(27)28/h4-9,23H,1-3H3,(H,22,26)(H,27,28). The first-order valence-electron chi connectivity index (χ1n) is 9.09. The highest BCUT2D eigenvalue weighted by Crippen LogP contribution is 2.42. The number of aromatic amines is 1. The second kappa shape index (κ2) is 7.82. The topological polar surface area (TPSA) is 136 Å². The molecule has 2 aromatic heterocycles. The van der Waals surface area contributed by atoms with Gasteiger partial charge in [0.2, 0.25) is 5.75 Å².